The molecular weight excluding hydrogens is 178 g/mol. The van der Waals surface area contributed by atoms with Gasteiger partial charge in [0.25, 0.3) is 0 Å². The predicted octanol–water partition coefficient (Wildman–Crippen LogP) is 1.39. The third-order valence-electron chi connectivity index (χ3n) is 2.05. The van der Waals surface area contributed by atoms with Crippen molar-refractivity contribution in [1.82, 2.24) is 5.32 Å². The summed E-state index contributed by atoms with van der Waals surface area (Å²) in [6.45, 7) is 3.08. The summed E-state index contributed by atoms with van der Waals surface area (Å²) < 4.78 is 10.4. The number of ether oxygens (including phenoxy) is 2. The summed E-state index contributed by atoms with van der Waals surface area (Å²) in [7, 11) is 3.29. The van der Waals surface area contributed by atoms with E-state index in [9.17, 15) is 0 Å². The maximum atomic E-state index is 5.23. The van der Waals surface area contributed by atoms with Crippen molar-refractivity contribution in [3.05, 3.63) is 0 Å². The largest absolute Gasteiger partial charge is 0.354 e. The van der Waals surface area contributed by atoms with Crippen LogP contribution in [-0.4, -0.2) is 33.1 Å². The van der Waals surface area contributed by atoms with Gasteiger partial charge in [0.15, 0.2) is 6.29 Å². The molecule has 0 aromatic heterocycles. The second-order valence-electron chi connectivity index (χ2n) is 3.14. The number of nitrogens with one attached hydrogen (secondary N) is 1. The molecule has 82 valence electrons. The van der Waals surface area contributed by atoms with E-state index in [2.05, 4.69) is 18.2 Å². The fourth-order valence-electron chi connectivity index (χ4n) is 1.33. The predicted molar refractivity (Wildman–Crippen MR) is 58.0 cm³/mol. The SMILES string of the molecule is C#CCCC(NCCC)C(OC)OC. The number of methoxy groups -OCH3 is 2. The highest BCUT2D eigenvalue weighted by Crippen LogP contribution is 2.06. The molecule has 0 saturated heterocycles. The van der Waals surface area contributed by atoms with Crippen LogP contribution in [0.15, 0.2) is 0 Å². The van der Waals surface area contributed by atoms with Gasteiger partial charge in [-0.25, -0.2) is 0 Å². The van der Waals surface area contributed by atoms with Gasteiger partial charge in [-0.15, -0.1) is 12.3 Å². The van der Waals surface area contributed by atoms with Crippen LogP contribution in [0.25, 0.3) is 0 Å². The van der Waals surface area contributed by atoms with Crippen LogP contribution in [0.3, 0.4) is 0 Å². The number of hydrogen-bond donors (Lipinski definition) is 1. The van der Waals surface area contributed by atoms with Crippen molar-refractivity contribution in [1.29, 1.82) is 0 Å². The van der Waals surface area contributed by atoms with Crippen molar-refractivity contribution in [3.63, 3.8) is 0 Å². The molecule has 0 radical (unpaired) electrons. The van der Waals surface area contributed by atoms with E-state index in [4.69, 9.17) is 15.9 Å². The Bertz CT molecular complexity index is 161. The van der Waals surface area contributed by atoms with E-state index in [1.807, 2.05) is 0 Å². The van der Waals surface area contributed by atoms with Crippen molar-refractivity contribution in [3.8, 4) is 12.3 Å². The van der Waals surface area contributed by atoms with E-state index in [1.54, 1.807) is 14.2 Å². The minimum Gasteiger partial charge on any atom is -0.354 e. The molecule has 0 fully saturated rings. The molecule has 0 aliphatic rings. The molecule has 0 aliphatic heterocycles. The van der Waals surface area contributed by atoms with Crippen LogP contribution >= 0.6 is 0 Å². The zero-order chi connectivity index (χ0) is 10.8. The van der Waals surface area contributed by atoms with Gasteiger partial charge in [-0.2, -0.15) is 0 Å². The second-order valence-corrected chi connectivity index (χ2v) is 3.14. The number of rotatable bonds is 8. The molecule has 0 aromatic carbocycles. The fourth-order valence-corrected chi connectivity index (χ4v) is 1.33. The van der Waals surface area contributed by atoms with Crippen molar-refractivity contribution in [2.45, 2.75) is 38.5 Å². The quantitative estimate of drug-likeness (QED) is 0.473. The summed E-state index contributed by atoms with van der Waals surface area (Å²) >= 11 is 0. The standard InChI is InChI=1S/C11H21NO2/c1-5-7-8-10(12-9-6-2)11(13-3)14-4/h1,10-12H,6-9H2,2-4H3. The molecule has 1 atom stereocenters. The zero-order valence-corrected chi connectivity index (χ0v) is 9.38. The Morgan fingerprint density at radius 3 is 2.43 bits per heavy atom. The summed E-state index contributed by atoms with van der Waals surface area (Å²) in [5.74, 6) is 2.63. The molecular formula is C11H21NO2. The Morgan fingerprint density at radius 2 is 2.00 bits per heavy atom. The Kier molecular flexibility index (Phi) is 8.65. The maximum Gasteiger partial charge on any atom is 0.172 e. The molecule has 3 nitrogen and oxygen atoms in total. The lowest BCUT2D eigenvalue weighted by Crippen LogP contribution is -2.42. The van der Waals surface area contributed by atoms with Gasteiger partial charge in [0.1, 0.15) is 0 Å². The van der Waals surface area contributed by atoms with E-state index in [1.165, 1.54) is 0 Å². The van der Waals surface area contributed by atoms with Gasteiger partial charge in [-0.3, -0.25) is 0 Å². The van der Waals surface area contributed by atoms with E-state index in [0.717, 1.165) is 25.8 Å². The van der Waals surface area contributed by atoms with Crippen LogP contribution in [0.2, 0.25) is 0 Å². The van der Waals surface area contributed by atoms with E-state index in [-0.39, 0.29) is 12.3 Å². The molecule has 0 rings (SSSR count). The molecule has 0 aromatic rings. The third kappa shape index (κ3) is 5.23. The fraction of sp³-hybridized carbons (Fsp3) is 0.818. The number of terminal acetylenes is 1. The average Bonchev–Trinajstić information content (AvgIpc) is 2.22. The van der Waals surface area contributed by atoms with Crippen molar-refractivity contribution < 1.29 is 9.47 Å². The van der Waals surface area contributed by atoms with Gasteiger partial charge in [-0.05, 0) is 19.4 Å². The van der Waals surface area contributed by atoms with Crippen molar-refractivity contribution in [2.24, 2.45) is 0 Å². The molecule has 14 heavy (non-hydrogen) atoms. The molecule has 0 saturated carbocycles. The van der Waals surface area contributed by atoms with Crippen molar-refractivity contribution in [2.75, 3.05) is 20.8 Å². The molecule has 0 spiro atoms. The molecule has 1 unspecified atom stereocenters. The van der Waals surface area contributed by atoms with Crippen molar-refractivity contribution >= 4 is 0 Å². The highest BCUT2D eigenvalue weighted by atomic mass is 16.7. The van der Waals surface area contributed by atoms with Gasteiger partial charge in [0.2, 0.25) is 0 Å². The molecule has 3 heteroatoms. The Morgan fingerprint density at radius 1 is 1.36 bits per heavy atom. The first-order valence-electron chi connectivity index (χ1n) is 5.02. The van der Waals surface area contributed by atoms with Crippen LogP contribution in [0, 0.1) is 12.3 Å². The smallest absolute Gasteiger partial charge is 0.172 e. The zero-order valence-electron chi connectivity index (χ0n) is 9.38. The molecule has 1 N–H and O–H groups in total. The highest BCUT2D eigenvalue weighted by Gasteiger charge is 2.18. The Labute approximate surface area is 87.2 Å². The summed E-state index contributed by atoms with van der Waals surface area (Å²) in [6.07, 6.45) is 7.72. The van der Waals surface area contributed by atoms with Crippen LogP contribution in [0.5, 0.6) is 0 Å². The molecule has 0 bridgehead atoms. The monoisotopic (exact) mass is 199 g/mol. The summed E-state index contributed by atoms with van der Waals surface area (Å²) in [5, 5.41) is 3.36. The lowest BCUT2D eigenvalue weighted by atomic mass is 10.1. The van der Waals surface area contributed by atoms with Gasteiger partial charge >= 0.3 is 0 Å². The average molecular weight is 199 g/mol. The van der Waals surface area contributed by atoms with Gasteiger partial charge in [0.05, 0.1) is 6.04 Å². The van der Waals surface area contributed by atoms with E-state index < -0.39 is 0 Å². The molecule has 0 amide bonds. The van der Waals surface area contributed by atoms with Crippen LogP contribution in [0.4, 0.5) is 0 Å². The Balaban J connectivity index is 4.00. The first kappa shape index (κ1) is 13.4. The van der Waals surface area contributed by atoms with E-state index in [0.29, 0.717) is 0 Å². The minimum absolute atomic E-state index is 0.181. The summed E-state index contributed by atoms with van der Waals surface area (Å²) in [4.78, 5) is 0. The first-order valence-corrected chi connectivity index (χ1v) is 5.02. The van der Waals surface area contributed by atoms with Crippen LogP contribution < -0.4 is 5.32 Å². The van der Waals surface area contributed by atoms with E-state index >= 15 is 0 Å². The lowest BCUT2D eigenvalue weighted by molar-refractivity contribution is -0.123. The molecule has 0 aliphatic carbocycles. The highest BCUT2D eigenvalue weighted by molar-refractivity contribution is 4.86. The Hall–Kier alpha value is -0.560. The van der Waals surface area contributed by atoms with Crippen LogP contribution in [-0.2, 0) is 9.47 Å². The minimum atomic E-state index is -0.213. The summed E-state index contributed by atoms with van der Waals surface area (Å²) in [6, 6.07) is 0.181. The van der Waals surface area contributed by atoms with Crippen LogP contribution in [0.1, 0.15) is 26.2 Å². The third-order valence-corrected chi connectivity index (χ3v) is 2.05. The lowest BCUT2D eigenvalue weighted by Gasteiger charge is -2.25. The first-order chi connectivity index (χ1) is 6.79. The summed E-state index contributed by atoms with van der Waals surface area (Å²) in [5.41, 5.74) is 0. The second kappa shape index (κ2) is 9.01. The van der Waals surface area contributed by atoms with Gasteiger partial charge < -0.3 is 14.8 Å². The normalized spacial score (nSPS) is 12.8. The topological polar surface area (TPSA) is 30.5 Å². The van der Waals surface area contributed by atoms with Gasteiger partial charge in [0, 0.05) is 20.6 Å². The molecule has 0 heterocycles. The van der Waals surface area contributed by atoms with Gasteiger partial charge in [-0.1, -0.05) is 6.92 Å². The number of hydrogen-bond acceptors (Lipinski definition) is 3. The maximum absolute atomic E-state index is 5.23.